The van der Waals surface area contributed by atoms with E-state index in [9.17, 15) is 4.79 Å². The van der Waals surface area contributed by atoms with Crippen molar-refractivity contribution in [3.05, 3.63) is 84.4 Å². The normalized spacial score (nSPS) is 11.4. The number of nitrogens with one attached hydrogen (secondary N) is 1. The van der Waals surface area contributed by atoms with Crippen LogP contribution in [-0.4, -0.2) is 32.7 Å². The lowest BCUT2D eigenvalue weighted by Crippen LogP contribution is -2.36. The summed E-state index contributed by atoms with van der Waals surface area (Å²) in [4.78, 5) is 14.6. The van der Waals surface area contributed by atoms with Gasteiger partial charge >= 0.3 is 0 Å². The second kappa shape index (κ2) is 9.64. The quantitative estimate of drug-likeness (QED) is 0.608. The van der Waals surface area contributed by atoms with Crippen LogP contribution in [0.15, 0.2) is 78.9 Å². The summed E-state index contributed by atoms with van der Waals surface area (Å²) in [6.45, 7) is 2.30. The molecule has 3 aromatic carbocycles. The number of rotatable bonds is 8. The Labute approximate surface area is 171 Å². The van der Waals surface area contributed by atoms with Gasteiger partial charge in [-0.1, -0.05) is 18.2 Å². The standard InChI is InChI=1S/C24H26N2O3/c1-18(17-29-23-15-13-22(28-3)14-16-23)25-24(27)19-9-11-21(12-10-19)26(2)20-7-5-4-6-8-20/h4-16,18H,17H2,1-3H3,(H,25,27). The fourth-order valence-corrected chi connectivity index (χ4v) is 2.88. The number of benzene rings is 3. The Kier molecular flexibility index (Phi) is 6.74. The zero-order chi connectivity index (χ0) is 20.6. The van der Waals surface area contributed by atoms with Gasteiger partial charge in [0.1, 0.15) is 18.1 Å². The molecule has 1 amide bonds. The van der Waals surface area contributed by atoms with Crippen LogP contribution in [0.1, 0.15) is 17.3 Å². The third-order valence-corrected chi connectivity index (χ3v) is 4.60. The molecule has 29 heavy (non-hydrogen) atoms. The Morgan fingerprint density at radius 1 is 0.897 bits per heavy atom. The Morgan fingerprint density at radius 2 is 1.48 bits per heavy atom. The first-order valence-electron chi connectivity index (χ1n) is 9.53. The molecule has 0 fully saturated rings. The van der Waals surface area contributed by atoms with Gasteiger partial charge in [-0.15, -0.1) is 0 Å². The molecule has 0 aliphatic heterocycles. The Bertz CT molecular complexity index is 909. The van der Waals surface area contributed by atoms with E-state index >= 15 is 0 Å². The SMILES string of the molecule is COc1ccc(OCC(C)NC(=O)c2ccc(N(C)c3ccccc3)cc2)cc1. The molecule has 0 bridgehead atoms. The minimum atomic E-state index is -0.128. The molecule has 1 atom stereocenters. The lowest BCUT2D eigenvalue weighted by molar-refractivity contribution is 0.0926. The summed E-state index contributed by atoms with van der Waals surface area (Å²) in [6, 6.07) is 24.9. The van der Waals surface area contributed by atoms with E-state index in [1.807, 2.05) is 92.8 Å². The Balaban J connectivity index is 1.53. The zero-order valence-corrected chi connectivity index (χ0v) is 17.0. The highest BCUT2D eigenvalue weighted by molar-refractivity contribution is 5.94. The van der Waals surface area contributed by atoms with Crippen molar-refractivity contribution in [1.29, 1.82) is 0 Å². The van der Waals surface area contributed by atoms with Crippen LogP contribution in [0.25, 0.3) is 0 Å². The van der Waals surface area contributed by atoms with E-state index < -0.39 is 0 Å². The van der Waals surface area contributed by atoms with Crippen LogP contribution >= 0.6 is 0 Å². The number of anilines is 2. The fraction of sp³-hybridized carbons (Fsp3) is 0.208. The van der Waals surface area contributed by atoms with Crippen LogP contribution in [0.4, 0.5) is 11.4 Å². The van der Waals surface area contributed by atoms with Gasteiger partial charge in [-0.05, 0) is 67.6 Å². The van der Waals surface area contributed by atoms with Crippen LogP contribution in [0.3, 0.4) is 0 Å². The summed E-state index contributed by atoms with van der Waals surface area (Å²) in [5.41, 5.74) is 2.73. The molecule has 0 saturated carbocycles. The summed E-state index contributed by atoms with van der Waals surface area (Å²) in [7, 11) is 3.63. The van der Waals surface area contributed by atoms with Crippen molar-refractivity contribution in [1.82, 2.24) is 5.32 Å². The van der Waals surface area contributed by atoms with E-state index in [0.29, 0.717) is 12.2 Å². The molecular formula is C24H26N2O3. The monoisotopic (exact) mass is 390 g/mol. The Morgan fingerprint density at radius 3 is 2.10 bits per heavy atom. The van der Waals surface area contributed by atoms with Crippen LogP contribution in [0.5, 0.6) is 11.5 Å². The van der Waals surface area contributed by atoms with Gasteiger partial charge in [0.05, 0.1) is 13.2 Å². The van der Waals surface area contributed by atoms with Crippen LogP contribution in [0.2, 0.25) is 0 Å². The van der Waals surface area contributed by atoms with E-state index in [4.69, 9.17) is 9.47 Å². The van der Waals surface area contributed by atoms with Crippen molar-refractivity contribution < 1.29 is 14.3 Å². The average molecular weight is 390 g/mol. The van der Waals surface area contributed by atoms with E-state index in [0.717, 1.165) is 22.9 Å². The van der Waals surface area contributed by atoms with Gasteiger partial charge < -0.3 is 19.7 Å². The van der Waals surface area contributed by atoms with Gasteiger partial charge in [0.2, 0.25) is 0 Å². The predicted molar refractivity (Wildman–Crippen MR) is 116 cm³/mol. The van der Waals surface area contributed by atoms with E-state index in [2.05, 4.69) is 10.2 Å². The van der Waals surface area contributed by atoms with Crippen LogP contribution < -0.4 is 19.7 Å². The van der Waals surface area contributed by atoms with E-state index in [1.54, 1.807) is 7.11 Å². The number of amides is 1. The molecule has 0 aliphatic carbocycles. The predicted octanol–water partition coefficient (Wildman–Crippen LogP) is 4.66. The molecule has 0 aliphatic rings. The summed E-state index contributed by atoms with van der Waals surface area (Å²) < 4.78 is 10.9. The highest BCUT2D eigenvalue weighted by Crippen LogP contribution is 2.23. The van der Waals surface area contributed by atoms with Crippen molar-refractivity contribution in [3.8, 4) is 11.5 Å². The summed E-state index contributed by atoms with van der Waals surface area (Å²) >= 11 is 0. The van der Waals surface area contributed by atoms with Crippen LogP contribution in [0, 0.1) is 0 Å². The first-order chi connectivity index (χ1) is 14.1. The van der Waals surface area contributed by atoms with Gasteiger partial charge in [-0.3, -0.25) is 4.79 Å². The number of nitrogens with zero attached hydrogens (tertiary/aromatic N) is 1. The molecule has 0 spiro atoms. The van der Waals surface area contributed by atoms with Gasteiger partial charge in [-0.2, -0.15) is 0 Å². The smallest absolute Gasteiger partial charge is 0.251 e. The average Bonchev–Trinajstić information content (AvgIpc) is 2.78. The molecule has 1 unspecified atom stereocenters. The van der Waals surface area contributed by atoms with Crippen molar-refractivity contribution in [2.45, 2.75) is 13.0 Å². The third kappa shape index (κ3) is 5.51. The first-order valence-corrected chi connectivity index (χ1v) is 9.53. The highest BCUT2D eigenvalue weighted by atomic mass is 16.5. The maximum atomic E-state index is 12.5. The molecule has 0 aromatic heterocycles. The van der Waals surface area contributed by atoms with Gasteiger partial charge in [0.15, 0.2) is 0 Å². The van der Waals surface area contributed by atoms with Crippen molar-refractivity contribution >= 4 is 17.3 Å². The second-order valence-corrected chi connectivity index (χ2v) is 6.80. The number of para-hydroxylation sites is 1. The number of hydrogen-bond donors (Lipinski definition) is 1. The summed E-state index contributed by atoms with van der Waals surface area (Å²) in [5.74, 6) is 1.39. The molecule has 3 rings (SSSR count). The number of ether oxygens (including phenoxy) is 2. The summed E-state index contributed by atoms with van der Waals surface area (Å²) in [6.07, 6.45) is 0. The minimum absolute atomic E-state index is 0.121. The van der Waals surface area contributed by atoms with Crippen molar-refractivity contribution in [3.63, 3.8) is 0 Å². The topological polar surface area (TPSA) is 50.8 Å². The van der Waals surface area contributed by atoms with Gasteiger partial charge in [0, 0.05) is 24.0 Å². The molecule has 0 heterocycles. The minimum Gasteiger partial charge on any atom is -0.497 e. The molecule has 5 heteroatoms. The van der Waals surface area contributed by atoms with Crippen LogP contribution in [-0.2, 0) is 0 Å². The molecule has 5 nitrogen and oxygen atoms in total. The molecule has 0 radical (unpaired) electrons. The van der Waals surface area contributed by atoms with Crippen molar-refractivity contribution in [2.24, 2.45) is 0 Å². The maximum absolute atomic E-state index is 12.5. The lowest BCUT2D eigenvalue weighted by atomic mass is 10.1. The zero-order valence-electron chi connectivity index (χ0n) is 17.0. The van der Waals surface area contributed by atoms with Crippen molar-refractivity contribution in [2.75, 3.05) is 25.7 Å². The number of carbonyl (C=O) groups is 1. The van der Waals surface area contributed by atoms with Gasteiger partial charge in [-0.25, -0.2) is 0 Å². The van der Waals surface area contributed by atoms with E-state index in [1.165, 1.54) is 0 Å². The number of carbonyl (C=O) groups excluding carboxylic acids is 1. The Hall–Kier alpha value is -3.47. The molecule has 150 valence electrons. The number of methoxy groups -OCH3 is 1. The fourth-order valence-electron chi connectivity index (χ4n) is 2.88. The molecule has 1 N–H and O–H groups in total. The first kappa shape index (κ1) is 20.3. The maximum Gasteiger partial charge on any atom is 0.251 e. The largest absolute Gasteiger partial charge is 0.497 e. The van der Waals surface area contributed by atoms with Gasteiger partial charge in [0.25, 0.3) is 5.91 Å². The highest BCUT2D eigenvalue weighted by Gasteiger charge is 2.11. The third-order valence-electron chi connectivity index (χ3n) is 4.60. The second-order valence-electron chi connectivity index (χ2n) is 6.80. The summed E-state index contributed by atoms with van der Waals surface area (Å²) in [5, 5.41) is 2.97. The lowest BCUT2D eigenvalue weighted by Gasteiger charge is -2.20. The molecule has 0 saturated heterocycles. The van der Waals surface area contributed by atoms with E-state index in [-0.39, 0.29) is 11.9 Å². The molecule has 3 aromatic rings. The molecular weight excluding hydrogens is 364 g/mol. The number of hydrogen-bond acceptors (Lipinski definition) is 4.